The van der Waals surface area contributed by atoms with Crippen LogP contribution in [-0.4, -0.2) is 54.9 Å². The number of rotatable bonds is 6. The lowest BCUT2D eigenvalue weighted by molar-refractivity contribution is -0.864. The van der Waals surface area contributed by atoms with Gasteiger partial charge < -0.3 is 31.0 Å². The van der Waals surface area contributed by atoms with Crippen molar-refractivity contribution >= 4 is 11.9 Å². The van der Waals surface area contributed by atoms with E-state index in [-0.39, 0.29) is 6.54 Å². The summed E-state index contributed by atoms with van der Waals surface area (Å²) < 4.78 is 0.419. The molecule has 0 aromatic carbocycles. The number of carbonyl (C=O) groups excluding carboxylic acids is 1. The number of likely N-dealkylation sites (N-methyl/N-ethyl adjacent to an activating group) is 1. The Morgan fingerprint density at radius 3 is 1.89 bits per heavy atom. The molecule has 0 fully saturated rings. The lowest BCUT2D eigenvalue weighted by Crippen LogP contribution is -2.56. The van der Waals surface area contributed by atoms with Crippen LogP contribution in [0.25, 0.3) is 0 Å². The first-order valence-corrected chi connectivity index (χ1v) is 5.74. The quantitative estimate of drug-likeness (QED) is 0.387. The molecule has 0 saturated carbocycles. The Morgan fingerprint density at radius 1 is 1.28 bits per heavy atom. The summed E-state index contributed by atoms with van der Waals surface area (Å²) in [6, 6.07) is 0. The van der Waals surface area contributed by atoms with Gasteiger partial charge >= 0.3 is 5.97 Å². The SMILES string of the molecule is CCCCC(N)(N)C(=O)O.C[N+](C)(C)CC(=O)[O-]. The van der Waals surface area contributed by atoms with Gasteiger partial charge in [-0.1, -0.05) is 13.3 Å². The van der Waals surface area contributed by atoms with Gasteiger partial charge in [-0.15, -0.1) is 0 Å². The zero-order valence-corrected chi connectivity index (χ0v) is 11.6. The van der Waals surface area contributed by atoms with Crippen molar-refractivity contribution in [2.75, 3.05) is 27.7 Å². The molecule has 7 heteroatoms. The summed E-state index contributed by atoms with van der Waals surface area (Å²) in [7, 11) is 5.40. The van der Waals surface area contributed by atoms with E-state index in [0.29, 0.717) is 10.9 Å². The number of nitrogens with zero attached hydrogens (tertiary/aromatic N) is 1. The summed E-state index contributed by atoms with van der Waals surface area (Å²) >= 11 is 0. The van der Waals surface area contributed by atoms with E-state index >= 15 is 0 Å². The van der Waals surface area contributed by atoms with Crippen molar-refractivity contribution < 1.29 is 24.3 Å². The molecule has 0 aliphatic heterocycles. The van der Waals surface area contributed by atoms with Crippen LogP contribution in [0.4, 0.5) is 0 Å². The smallest absolute Gasteiger partial charge is 0.338 e. The van der Waals surface area contributed by atoms with E-state index in [0.717, 1.165) is 12.8 Å². The second kappa shape index (κ2) is 8.02. The average Bonchev–Trinajstić information content (AvgIpc) is 2.11. The maximum absolute atomic E-state index is 10.3. The average molecular weight is 263 g/mol. The van der Waals surface area contributed by atoms with Gasteiger partial charge in [-0.25, -0.2) is 4.79 Å². The molecule has 0 aliphatic carbocycles. The predicted octanol–water partition coefficient (Wildman–Crippen LogP) is -1.68. The minimum absolute atomic E-state index is 0.0694. The minimum Gasteiger partial charge on any atom is -0.544 e. The molecule has 0 aromatic heterocycles. The fourth-order valence-electron chi connectivity index (χ4n) is 0.964. The molecule has 0 aliphatic rings. The third kappa shape index (κ3) is 12.9. The third-order valence-corrected chi connectivity index (χ3v) is 1.95. The van der Waals surface area contributed by atoms with E-state index in [9.17, 15) is 14.7 Å². The van der Waals surface area contributed by atoms with E-state index in [1.807, 2.05) is 6.92 Å². The van der Waals surface area contributed by atoms with Crippen molar-refractivity contribution in [2.24, 2.45) is 11.5 Å². The second-order valence-electron chi connectivity index (χ2n) is 5.27. The molecule has 0 unspecified atom stereocenters. The van der Waals surface area contributed by atoms with E-state index in [1.54, 1.807) is 21.1 Å². The van der Waals surface area contributed by atoms with Crippen LogP contribution >= 0.6 is 0 Å². The Labute approximate surface area is 108 Å². The molecule has 0 rings (SSSR count). The maximum Gasteiger partial charge on any atom is 0.338 e. The van der Waals surface area contributed by atoms with Crippen LogP contribution in [0.1, 0.15) is 26.2 Å². The van der Waals surface area contributed by atoms with Gasteiger partial charge in [0.15, 0.2) is 5.66 Å². The minimum atomic E-state index is -1.53. The van der Waals surface area contributed by atoms with Crippen molar-refractivity contribution in [3.63, 3.8) is 0 Å². The molecule has 0 heterocycles. The Balaban J connectivity index is 0. The highest BCUT2D eigenvalue weighted by Crippen LogP contribution is 2.04. The largest absolute Gasteiger partial charge is 0.544 e. The fourth-order valence-corrected chi connectivity index (χ4v) is 0.964. The number of nitrogens with two attached hydrogens (primary N) is 2. The molecule has 0 atom stereocenters. The summed E-state index contributed by atoms with van der Waals surface area (Å²) in [6.45, 7) is 2.03. The van der Waals surface area contributed by atoms with E-state index < -0.39 is 17.6 Å². The Hall–Kier alpha value is -1.18. The predicted molar refractivity (Wildman–Crippen MR) is 66.2 cm³/mol. The number of carbonyl (C=O) groups is 2. The van der Waals surface area contributed by atoms with E-state index in [4.69, 9.17) is 16.6 Å². The van der Waals surface area contributed by atoms with Crippen LogP contribution in [0.3, 0.4) is 0 Å². The second-order valence-corrected chi connectivity index (χ2v) is 5.27. The highest BCUT2D eigenvalue weighted by Gasteiger charge is 2.27. The first kappa shape index (κ1) is 19.2. The first-order valence-electron chi connectivity index (χ1n) is 5.74. The van der Waals surface area contributed by atoms with Crippen molar-refractivity contribution in [3.8, 4) is 0 Å². The molecule has 0 amide bonds. The van der Waals surface area contributed by atoms with Crippen LogP contribution in [-0.2, 0) is 9.59 Å². The first-order chi connectivity index (χ1) is 7.92. The number of hydrogen-bond acceptors (Lipinski definition) is 5. The van der Waals surface area contributed by atoms with Gasteiger partial charge in [0, 0.05) is 0 Å². The molecule has 0 spiro atoms. The zero-order chi connectivity index (χ0) is 15.0. The van der Waals surface area contributed by atoms with Crippen LogP contribution in [0.5, 0.6) is 0 Å². The van der Waals surface area contributed by atoms with Crippen molar-refractivity contribution in [3.05, 3.63) is 0 Å². The van der Waals surface area contributed by atoms with Gasteiger partial charge in [0.2, 0.25) is 0 Å². The Kier molecular flexibility index (Phi) is 8.54. The summed E-state index contributed by atoms with van der Waals surface area (Å²) in [5, 5.41) is 18.3. The number of carboxylic acids is 2. The zero-order valence-electron chi connectivity index (χ0n) is 11.6. The molecule has 0 aromatic rings. The fraction of sp³-hybridized carbons (Fsp3) is 0.818. The van der Waals surface area contributed by atoms with Gasteiger partial charge in [-0.05, 0) is 12.8 Å². The van der Waals surface area contributed by atoms with Crippen LogP contribution in [0.2, 0.25) is 0 Å². The van der Waals surface area contributed by atoms with E-state index in [2.05, 4.69) is 0 Å². The lowest BCUT2D eigenvalue weighted by atomic mass is 10.1. The number of carboxylic acid groups (broad SMARTS) is 2. The van der Waals surface area contributed by atoms with Gasteiger partial charge in [0.05, 0.1) is 27.1 Å². The van der Waals surface area contributed by atoms with Crippen molar-refractivity contribution in [1.29, 1.82) is 0 Å². The maximum atomic E-state index is 10.3. The third-order valence-electron chi connectivity index (χ3n) is 1.95. The lowest BCUT2D eigenvalue weighted by Gasteiger charge is -2.23. The summed E-state index contributed by atoms with van der Waals surface area (Å²) in [6.07, 6.45) is 1.99. The topological polar surface area (TPSA) is 129 Å². The summed E-state index contributed by atoms with van der Waals surface area (Å²) in [5.74, 6) is -2.14. The molecule has 5 N–H and O–H groups in total. The molecular formula is C11H25N3O4. The molecular weight excluding hydrogens is 238 g/mol. The number of unbranched alkanes of at least 4 members (excludes halogenated alkanes) is 1. The molecule has 0 saturated heterocycles. The van der Waals surface area contributed by atoms with E-state index in [1.165, 1.54) is 0 Å². The Bertz CT molecular complexity index is 272. The number of aliphatic carboxylic acids is 2. The van der Waals surface area contributed by atoms with Gasteiger partial charge in [-0.2, -0.15) is 0 Å². The van der Waals surface area contributed by atoms with Crippen molar-refractivity contribution in [2.45, 2.75) is 31.8 Å². The molecule has 18 heavy (non-hydrogen) atoms. The molecule has 108 valence electrons. The summed E-state index contributed by atoms with van der Waals surface area (Å²) in [5.41, 5.74) is 8.92. The van der Waals surface area contributed by atoms with Crippen LogP contribution in [0, 0.1) is 0 Å². The molecule has 7 nitrogen and oxygen atoms in total. The van der Waals surface area contributed by atoms with Crippen molar-refractivity contribution in [1.82, 2.24) is 0 Å². The van der Waals surface area contributed by atoms with Crippen LogP contribution in [0.15, 0.2) is 0 Å². The van der Waals surface area contributed by atoms with Gasteiger partial charge in [-0.3, -0.25) is 0 Å². The summed E-state index contributed by atoms with van der Waals surface area (Å²) in [4.78, 5) is 20.2. The monoisotopic (exact) mass is 263 g/mol. The highest BCUT2D eigenvalue weighted by atomic mass is 16.4. The normalized spacial score (nSPS) is 11.4. The van der Waals surface area contributed by atoms with Crippen LogP contribution < -0.4 is 16.6 Å². The number of quaternary nitrogens is 1. The molecule has 0 radical (unpaired) electrons. The van der Waals surface area contributed by atoms with Gasteiger partial charge in [0.25, 0.3) is 0 Å². The highest BCUT2D eigenvalue weighted by molar-refractivity contribution is 5.77. The standard InChI is InChI=1S/C6H14N2O2.C5H11NO2/c1-2-3-4-6(7,8)5(9)10;1-6(2,3)4-5(7)8/h2-4,7-8H2,1H3,(H,9,10);4H2,1-3H3. The van der Waals surface area contributed by atoms with Gasteiger partial charge in [0.1, 0.15) is 6.54 Å². The molecule has 0 bridgehead atoms. The Morgan fingerprint density at radius 2 is 1.72 bits per heavy atom. The number of hydrogen-bond donors (Lipinski definition) is 3.